The Morgan fingerprint density at radius 3 is 2.51 bits per heavy atom. The summed E-state index contributed by atoms with van der Waals surface area (Å²) in [5.74, 6) is -0.546. The minimum absolute atomic E-state index is 0.0370. The first-order chi connectivity index (χ1) is 18.6. The van der Waals surface area contributed by atoms with Gasteiger partial charge in [-0.3, -0.25) is 9.67 Å². The van der Waals surface area contributed by atoms with Gasteiger partial charge in [-0.05, 0) is 70.0 Å². The summed E-state index contributed by atoms with van der Waals surface area (Å²) < 4.78 is 47.6. The molecule has 0 spiro atoms. The van der Waals surface area contributed by atoms with E-state index >= 15 is 4.39 Å². The highest BCUT2D eigenvalue weighted by molar-refractivity contribution is 5.93. The van der Waals surface area contributed by atoms with Crippen LogP contribution in [0.25, 0.3) is 22.2 Å². The van der Waals surface area contributed by atoms with Gasteiger partial charge in [-0.2, -0.15) is 9.49 Å². The van der Waals surface area contributed by atoms with Crippen molar-refractivity contribution in [3.05, 3.63) is 66.5 Å². The van der Waals surface area contributed by atoms with Gasteiger partial charge in [0, 0.05) is 30.2 Å². The van der Waals surface area contributed by atoms with Gasteiger partial charge in [-0.15, -0.1) is 0 Å². The lowest BCUT2D eigenvalue weighted by Crippen LogP contribution is -2.43. The van der Waals surface area contributed by atoms with E-state index in [-0.39, 0.29) is 17.5 Å². The summed E-state index contributed by atoms with van der Waals surface area (Å²) in [4.78, 5) is 18.4. The zero-order chi connectivity index (χ0) is 27.7. The van der Waals surface area contributed by atoms with Gasteiger partial charge in [0.1, 0.15) is 22.6 Å². The van der Waals surface area contributed by atoms with Crippen LogP contribution >= 0.6 is 0 Å². The van der Waals surface area contributed by atoms with Crippen LogP contribution in [0.15, 0.2) is 54.9 Å². The molecule has 4 aromatic rings. The second-order valence-electron chi connectivity index (χ2n) is 10.4. The van der Waals surface area contributed by atoms with Gasteiger partial charge in [0.05, 0.1) is 19.3 Å². The molecule has 1 aliphatic rings. The first kappa shape index (κ1) is 26.4. The molecular formula is C29H30F2N4O4. The lowest BCUT2D eigenvalue weighted by Gasteiger charge is -2.34. The van der Waals surface area contributed by atoms with Crippen molar-refractivity contribution in [2.24, 2.45) is 0 Å². The summed E-state index contributed by atoms with van der Waals surface area (Å²) in [6, 6.07) is 11.4. The molecule has 0 bridgehead atoms. The van der Waals surface area contributed by atoms with Crippen molar-refractivity contribution in [1.82, 2.24) is 19.7 Å². The maximum Gasteiger partial charge on any atom is 0.410 e. The minimum Gasteiger partial charge on any atom is -0.494 e. The SMILES string of the molecule is COc1cccc(Oc2ccc(-c3nn(C4CCCN(C(=O)OC(C)(C)C)C4)c4c(F)cncc34)cc2)c1F. The number of benzene rings is 2. The number of nitrogens with zero attached hydrogens (tertiary/aromatic N) is 4. The molecule has 1 amide bonds. The number of hydrogen-bond donors (Lipinski definition) is 0. The molecule has 0 N–H and O–H groups in total. The largest absolute Gasteiger partial charge is 0.494 e. The van der Waals surface area contributed by atoms with Gasteiger partial charge in [-0.1, -0.05) is 6.07 Å². The van der Waals surface area contributed by atoms with Crippen LogP contribution in [0.4, 0.5) is 13.6 Å². The van der Waals surface area contributed by atoms with Crippen LogP contribution in [-0.4, -0.2) is 51.6 Å². The molecule has 1 atom stereocenters. The predicted octanol–water partition coefficient (Wildman–Crippen LogP) is 6.75. The average molecular weight is 537 g/mol. The molecule has 204 valence electrons. The number of carbonyl (C=O) groups excluding carboxylic acids is 1. The van der Waals surface area contributed by atoms with Gasteiger partial charge >= 0.3 is 6.09 Å². The van der Waals surface area contributed by atoms with Crippen LogP contribution in [-0.2, 0) is 4.74 Å². The molecule has 0 radical (unpaired) electrons. The van der Waals surface area contributed by atoms with E-state index in [0.29, 0.717) is 41.0 Å². The lowest BCUT2D eigenvalue weighted by molar-refractivity contribution is 0.0169. The first-order valence-electron chi connectivity index (χ1n) is 12.7. The van der Waals surface area contributed by atoms with Gasteiger partial charge in [0.15, 0.2) is 17.3 Å². The van der Waals surface area contributed by atoms with Gasteiger partial charge in [0.25, 0.3) is 0 Å². The molecule has 0 aliphatic carbocycles. The number of ether oxygens (including phenoxy) is 3. The molecule has 39 heavy (non-hydrogen) atoms. The molecule has 1 unspecified atom stereocenters. The Labute approximate surface area is 225 Å². The van der Waals surface area contributed by atoms with Crippen LogP contribution in [0.5, 0.6) is 17.2 Å². The zero-order valence-electron chi connectivity index (χ0n) is 22.3. The molecule has 0 saturated carbocycles. The Morgan fingerprint density at radius 2 is 1.79 bits per heavy atom. The van der Waals surface area contributed by atoms with E-state index in [9.17, 15) is 9.18 Å². The van der Waals surface area contributed by atoms with Crippen LogP contribution in [0.2, 0.25) is 0 Å². The topological polar surface area (TPSA) is 78.7 Å². The molecule has 1 aliphatic heterocycles. The number of hydrogen-bond acceptors (Lipinski definition) is 6. The number of amides is 1. The number of methoxy groups -OCH3 is 1. The fraction of sp³-hybridized carbons (Fsp3) is 0.345. The van der Waals surface area contributed by atoms with Gasteiger partial charge in [0.2, 0.25) is 5.82 Å². The monoisotopic (exact) mass is 536 g/mol. The Kier molecular flexibility index (Phi) is 7.12. The van der Waals surface area contributed by atoms with E-state index in [0.717, 1.165) is 12.8 Å². The maximum atomic E-state index is 15.1. The van der Waals surface area contributed by atoms with Crippen molar-refractivity contribution in [2.75, 3.05) is 20.2 Å². The number of pyridine rings is 1. The van der Waals surface area contributed by atoms with E-state index in [4.69, 9.17) is 19.3 Å². The Hall–Kier alpha value is -4.21. The fourth-order valence-electron chi connectivity index (χ4n) is 4.70. The van der Waals surface area contributed by atoms with Gasteiger partial charge < -0.3 is 19.1 Å². The third-order valence-corrected chi connectivity index (χ3v) is 6.46. The smallest absolute Gasteiger partial charge is 0.410 e. The highest BCUT2D eigenvalue weighted by Crippen LogP contribution is 2.35. The molecule has 5 rings (SSSR count). The number of rotatable bonds is 5. The highest BCUT2D eigenvalue weighted by Gasteiger charge is 2.31. The Morgan fingerprint density at radius 1 is 1.05 bits per heavy atom. The number of aromatic nitrogens is 3. The standard InChI is InChI=1S/C29H30F2N4O4/c1-29(2,3)39-28(36)34-14-6-7-19(17-34)35-27-21(15-32-16-22(27)30)26(33-35)18-10-12-20(13-11-18)38-24-9-5-8-23(37-4)25(24)31/h5,8-13,15-16,19H,6-7,14,17H2,1-4H3. The molecular weight excluding hydrogens is 506 g/mol. The maximum absolute atomic E-state index is 15.1. The van der Waals surface area contributed by atoms with Crippen molar-refractivity contribution in [3.8, 4) is 28.5 Å². The number of halogens is 2. The first-order valence-corrected chi connectivity index (χ1v) is 12.7. The number of likely N-dealkylation sites (tertiary alicyclic amines) is 1. The number of carbonyl (C=O) groups is 1. The third-order valence-electron chi connectivity index (χ3n) is 6.46. The Bertz CT molecular complexity index is 1500. The molecule has 2 aromatic heterocycles. The van der Waals surface area contributed by atoms with Crippen LogP contribution < -0.4 is 9.47 Å². The summed E-state index contributed by atoms with van der Waals surface area (Å²) in [5, 5.41) is 5.36. The van der Waals surface area contributed by atoms with Crippen molar-refractivity contribution in [1.29, 1.82) is 0 Å². The second kappa shape index (κ2) is 10.5. The van der Waals surface area contributed by atoms with Crippen LogP contribution in [0.3, 0.4) is 0 Å². The van der Waals surface area contributed by atoms with Crippen molar-refractivity contribution < 1.29 is 27.8 Å². The molecule has 3 heterocycles. The second-order valence-corrected chi connectivity index (χ2v) is 10.4. The number of fused-ring (bicyclic) bond motifs is 1. The molecule has 10 heteroatoms. The van der Waals surface area contributed by atoms with E-state index < -0.39 is 23.3 Å². The van der Waals surface area contributed by atoms with Crippen LogP contribution in [0, 0.1) is 11.6 Å². The van der Waals surface area contributed by atoms with Crippen LogP contribution in [0.1, 0.15) is 39.7 Å². The normalized spacial score (nSPS) is 15.8. The molecule has 8 nitrogen and oxygen atoms in total. The van der Waals surface area contributed by atoms with Gasteiger partial charge in [-0.25, -0.2) is 9.18 Å². The summed E-state index contributed by atoms with van der Waals surface area (Å²) in [6.45, 7) is 6.39. The van der Waals surface area contributed by atoms with E-state index in [1.165, 1.54) is 25.4 Å². The Balaban J connectivity index is 1.44. The average Bonchev–Trinajstić information content (AvgIpc) is 3.30. The summed E-state index contributed by atoms with van der Waals surface area (Å²) >= 11 is 0. The summed E-state index contributed by atoms with van der Waals surface area (Å²) in [6.07, 6.45) is 3.82. The van der Waals surface area contributed by atoms with E-state index in [1.807, 2.05) is 20.8 Å². The minimum atomic E-state index is -0.610. The summed E-state index contributed by atoms with van der Waals surface area (Å²) in [7, 11) is 1.39. The molecule has 1 saturated heterocycles. The van der Waals surface area contributed by atoms with E-state index in [1.54, 1.807) is 46.1 Å². The zero-order valence-corrected chi connectivity index (χ0v) is 22.3. The number of piperidine rings is 1. The fourth-order valence-corrected chi connectivity index (χ4v) is 4.70. The van der Waals surface area contributed by atoms with Crippen molar-refractivity contribution >= 4 is 17.0 Å². The van der Waals surface area contributed by atoms with Crippen molar-refractivity contribution in [3.63, 3.8) is 0 Å². The van der Waals surface area contributed by atoms with Crippen molar-refractivity contribution in [2.45, 2.75) is 45.3 Å². The molecule has 2 aromatic carbocycles. The third kappa shape index (κ3) is 5.50. The van der Waals surface area contributed by atoms with E-state index in [2.05, 4.69) is 4.98 Å². The highest BCUT2D eigenvalue weighted by atomic mass is 19.1. The molecule has 1 fully saturated rings. The lowest BCUT2D eigenvalue weighted by atomic mass is 10.1. The quantitative estimate of drug-likeness (QED) is 0.281. The predicted molar refractivity (Wildman–Crippen MR) is 142 cm³/mol. The summed E-state index contributed by atoms with van der Waals surface area (Å²) in [5.41, 5.74) is 0.978.